The lowest BCUT2D eigenvalue weighted by atomic mass is 9.99. The topological polar surface area (TPSA) is 78.2 Å². The maximum Gasteiger partial charge on any atom is 0.328 e. The number of benzene rings is 1. The number of nitriles is 1. The molecule has 0 saturated heterocycles. The first kappa shape index (κ1) is 11.7. The fourth-order valence-corrected chi connectivity index (χ4v) is 1.37. The Labute approximate surface area is 92.4 Å². The van der Waals surface area contributed by atoms with Crippen LogP contribution in [-0.2, 0) is 4.79 Å². The third kappa shape index (κ3) is 2.55. The van der Waals surface area contributed by atoms with Crippen molar-refractivity contribution in [1.29, 1.82) is 5.26 Å². The van der Waals surface area contributed by atoms with Gasteiger partial charge in [-0.1, -0.05) is 0 Å². The Balaban J connectivity index is 3.33. The number of aldehydes is 1. The second-order valence-corrected chi connectivity index (χ2v) is 3.20. The van der Waals surface area contributed by atoms with Gasteiger partial charge in [0.1, 0.15) is 0 Å². The molecule has 0 unspecified atom stereocenters. The van der Waals surface area contributed by atoms with Crippen molar-refractivity contribution in [3.05, 3.63) is 40.5 Å². The van der Waals surface area contributed by atoms with E-state index in [2.05, 4.69) is 0 Å². The van der Waals surface area contributed by atoms with Crippen LogP contribution in [0.25, 0.3) is 6.08 Å². The molecule has 0 radical (unpaired) electrons. The van der Waals surface area contributed by atoms with Crippen LogP contribution in [0, 0.1) is 18.3 Å². The van der Waals surface area contributed by atoms with E-state index in [9.17, 15) is 9.59 Å². The van der Waals surface area contributed by atoms with Crippen molar-refractivity contribution in [2.75, 3.05) is 0 Å². The molecule has 0 amide bonds. The largest absolute Gasteiger partial charge is 0.478 e. The maximum atomic E-state index is 10.8. The normalized spacial score (nSPS) is 10.0. The van der Waals surface area contributed by atoms with E-state index in [0.717, 1.165) is 6.08 Å². The molecular formula is C12H9NO3. The van der Waals surface area contributed by atoms with E-state index in [1.165, 1.54) is 12.1 Å². The van der Waals surface area contributed by atoms with Gasteiger partial charge in [0, 0.05) is 11.6 Å². The number of rotatable bonds is 3. The highest BCUT2D eigenvalue weighted by atomic mass is 16.4. The van der Waals surface area contributed by atoms with Gasteiger partial charge < -0.3 is 5.11 Å². The molecule has 1 N–H and O–H groups in total. The van der Waals surface area contributed by atoms with Gasteiger partial charge in [-0.05, 0) is 36.3 Å². The van der Waals surface area contributed by atoms with Gasteiger partial charge in [0.05, 0.1) is 11.6 Å². The van der Waals surface area contributed by atoms with E-state index >= 15 is 0 Å². The molecule has 0 aliphatic carbocycles. The number of aryl methyl sites for hydroxylation is 1. The average Bonchev–Trinajstić information content (AvgIpc) is 2.26. The van der Waals surface area contributed by atoms with Crippen molar-refractivity contribution in [1.82, 2.24) is 0 Å². The van der Waals surface area contributed by atoms with Crippen molar-refractivity contribution < 1.29 is 14.7 Å². The summed E-state index contributed by atoms with van der Waals surface area (Å²) in [5.41, 5.74) is 1.91. The molecule has 0 fully saturated rings. The minimum absolute atomic E-state index is 0.314. The quantitative estimate of drug-likeness (QED) is 0.615. The van der Waals surface area contributed by atoms with E-state index in [4.69, 9.17) is 10.4 Å². The average molecular weight is 215 g/mol. The summed E-state index contributed by atoms with van der Waals surface area (Å²) in [6.07, 6.45) is 2.92. The summed E-state index contributed by atoms with van der Waals surface area (Å²) in [6.45, 7) is 1.72. The Morgan fingerprint density at radius 2 is 2.19 bits per heavy atom. The van der Waals surface area contributed by atoms with E-state index in [-0.39, 0.29) is 0 Å². The first-order valence-corrected chi connectivity index (χ1v) is 4.49. The molecule has 4 heteroatoms. The summed E-state index contributed by atoms with van der Waals surface area (Å²) in [7, 11) is 0. The highest BCUT2D eigenvalue weighted by Gasteiger charge is 2.05. The lowest BCUT2D eigenvalue weighted by Crippen LogP contribution is -1.94. The van der Waals surface area contributed by atoms with Crippen LogP contribution in [0.5, 0.6) is 0 Å². The van der Waals surface area contributed by atoms with Crippen LogP contribution >= 0.6 is 0 Å². The highest BCUT2D eigenvalue weighted by molar-refractivity contribution is 5.90. The first-order valence-electron chi connectivity index (χ1n) is 4.49. The fourth-order valence-electron chi connectivity index (χ4n) is 1.37. The van der Waals surface area contributed by atoms with Crippen LogP contribution in [0.1, 0.15) is 27.0 Å². The smallest absolute Gasteiger partial charge is 0.328 e. The van der Waals surface area contributed by atoms with Gasteiger partial charge in [-0.15, -0.1) is 0 Å². The molecule has 1 aromatic rings. The third-order valence-corrected chi connectivity index (χ3v) is 2.07. The highest BCUT2D eigenvalue weighted by Crippen LogP contribution is 2.17. The third-order valence-electron chi connectivity index (χ3n) is 2.07. The van der Waals surface area contributed by atoms with Crippen LogP contribution in [0.15, 0.2) is 18.2 Å². The number of aliphatic carboxylic acids is 1. The Morgan fingerprint density at radius 3 is 2.69 bits per heavy atom. The van der Waals surface area contributed by atoms with Gasteiger partial charge in [0.15, 0.2) is 6.29 Å². The molecule has 0 bridgehead atoms. The van der Waals surface area contributed by atoms with Crippen molar-refractivity contribution in [2.24, 2.45) is 0 Å². The second-order valence-electron chi connectivity index (χ2n) is 3.20. The van der Waals surface area contributed by atoms with Gasteiger partial charge in [-0.25, -0.2) is 4.79 Å². The van der Waals surface area contributed by atoms with Crippen LogP contribution in [-0.4, -0.2) is 17.4 Å². The number of carboxylic acids is 1. The van der Waals surface area contributed by atoms with Gasteiger partial charge in [0.25, 0.3) is 0 Å². The molecule has 16 heavy (non-hydrogen) atoms. The molecule has 0 aliphatic heterocycles. The summed E-state index contributed by atoms with van der Waals surface area (Å²) in [4.78, 5) is 21.2. The number of hydrogen-bond acceptors (Lipinski definition) is 3. The molecule has 4 nitrogen and oxygen atoms in total. The summed E-state index contributed by atoms with van der Waals surface area (Å²) in [6, 6.07) is 4.97. The number of carbonyl (C=O) groups excluding carboxylic acids is 1. The van der Waals surface area contributed by atoms with E-state index in [1.54, 1.807) is 13.0 Å². The minimum Gasteiger partial charge on any atom is -0.478 e. The maximum absolute atomic E-state index is 10.8. The predicted octanol–water partition coefficient (Wildman–Crippen LogP) is 1.78. The summed E-state index contributed by atoms with van der Waals surface area (Å²) >= 11 is 0. The lowest BCUT2D eigenvalue weighted by Gasteiger charge is -2.04. The summed E-state index contributed by atoms with van der Waals surface area (Å²) in [5, 5.41) is 17.2. The zero-order valence-corrected chi connectivity index (χ0v) is 8.60. The van der Waals surface area contributed by atoms with Crippen molar-refractivity contribution in [3.63, 3.8) is 0 Å². The van der Waals surface area contributed by atoms with E-state index in [1.807, 2.05) is 6.07 Å². The Hall–Kier alpha value is -2.41. The monoisotopic (exact) mass is 215 g/mol. The molecule has 1 aromatic carbocycles. The zero-order chi connectivity index (χ0) is 12.1. The number of nitrogens with zero attached hydrogens (tertiary/aromatic N) is 1. The molecule has 0 heterocycles. The Bertz CT molecular complexity index is 510. The number of carboxylic acid groups (broad SMARTS) is 1. The Kier molecular flexibility index (Phi) is 3.57. The molecule has 0 aromatic heterocycles. The van der Waals surface area contributed by atoms with E-state index < -0.39 is 5.97 Å². The summed E-state index contributed by atoms with van der Waals surface area (Å²) in [5.74, 6) is -1.08. The SMILES string of the molecule is Cc1cc(C#N)cc(C=O)c1/C=C/C(=O)O. The molecule has 0 spiro atoms. The van der Waals surface area contributed by atoms with Gasteiger partial charge in [-0.3, -0.25) is 4.79 Å². The predicted molar refractivity (Wildman–Crippen MR) is 58.0 cm³/mol. The lowest BCUT2D eigenvalue weighted by molar-refractivity contribution is -0.131. The van der Waals surface area contributed by atoms with Gasteiger partial charge >= 0.3 is 5.97 Å². The van der Waals surface area contributed by atoms with Crippen LogP contribution in [0.2, 0.25) is 0 Å². The summed E-state index contributed by atoms with van der Waals surface area (Å²) < 4.78 is 0. The molecule has 0 atom stereocenters. The molecule has 1 rings (SSSR count). The van der Waals surface area contributed by atoms with Gasteiger partial charge in [-0.2, -0.15) is 5.26 Å². The minimum atomic E-state index is -1.08. The molecule has 80 valence electrons. The standard InChI is InChI=1S/C12H9NO3/c1-8-4-9(6-13)5-10(7-14)11(8)2-3-12(15)16/h2-5,7H,1H3,(H,15,16)/b3-2+. The number of carbonyl (C=O) groups is 2. The zero-order valence-electron chi connectivity index (χ0n) is 8.60. The molecule has 0 saturated carbocycles. The molecular weight excluding hydrogens is 206 g/mol. The first-order chi connectivity index (χ1) is 7.58. The van der Waals surface area contributed by atoms with Crippen molar-refractivity contribution in [2.45, 2.75) is 6.92 Å². The van der Waals surface area contributed by atoms with Crippen molar-refractivity contribution in [3.8, 4) is 6.07 Å². The van der Waals surface area contributed by atoms with Crippen molar-refractivity contribution >= 4 is 18.3 Å². The molecule has 0 aliphatic rings. The van der Waals surface area contributed by atoms with E-state index in [0.29, 0.717) is 28.5 Å². The van der Waals surface area contributed by atoms with Gasteiger partial charge in [0.2, 0.25) is 0 Å². The number of hydrogen-bond donors (Lipinski definition) is 1. The van der Waals surface area contributed by atoms with Crippen LogP contribution in [0.3, 0.4) is 0 Å². The van der Waals surface area contributed by atoms with Crippen LogP contribution < -0.4 is 0 Å². The Morgan fingerprint density at radius 1 is 1.50 bits per heavy atom. The fraction of sp³-hybridized carbons (Fsp3) is 0.0833. The second kappa shape index (κ2) is 4.89. The van der Waals surface area contributed by atoms with Crippen LogP contribution in [0.4, 0.5) is 0 Å².